The number of nitrogens with zero attached hydrogens (tertiary/aromatic N) is 3. The molecule has 0 atom stereocenters. The van der Waals surface area contributed by atoms with E-state index in [1.165, 1.54) is 0 Å². The van der Waals surface area contributed by atoms with E-state index in [9.17, 15) is 0 Å². The van der Waals surface area contributed by atoms with E-state index in [1.54, 1.807) is 0 Å². The molecule has 0 bridgehead atoms. The number of nitrogens with one attached hydrogen (secondary N) is 3. The summed E-state index contributed by atoms with van der Waals surface area (Å²) >= 11 is 11.2. The van der Waals surface area contributed by atoms with Gasteiger partial charge < -0.3 is 0 Å². The van der Waals surface area contributed by atoms with E-state index in [1.807, 2.05) is 0 Å². The van der Waals surface area contributed by atoms with Gasteiger partial charge in [0, 0.05) is 44.1 Å². The van der Waals surface area contributed by atoms with Gasteiger partial charge in [-0.1, -0.05) is 0 Å². The summed E-state index contributed by atoms with van der Waals surface area (Å²) in [5.41, 5.74) is 0. The second-order valence-corrected chi connectivity index (χ2v) is 2.57. The SMILES string of the molecule is ClNc1nc(NBr)nc(NBr)n1. The predicted octanol–water partition coefficient (Wildman–Crippen LogP) is 1.88. The topological polar surface area (TPSA) is 74.8 Å². The maximum Gasteiger partial charge on any atom is 0.244 e. The minimum Gasteiger partial charge on any atom is -0.291 e. The van der Waals surface area contributed by atoms with Crippen molar-refractivity contribution >= 4 is 61.9 Å². The minimum atomic E-state index is 0.246. The molecule has 0 saturated carbocycles. The third kappa shape index (κ3) is 2.32. The summed E-state index contributed by atoms with van der Waals surface area (Å²) in [6.45, 7) is 0. The summed E-state index contributed by atoms with van der Waals surface area (Å²) < 4.78 is 5.13. The number of rotatable bonds is 3. The van der Waals surface area contributed by atoms with Crippen molar-refractivity contribution in [1.82, 2.24) is 15.0 Å². The van der Waals surface area contributed by atoms with Gasteiger partial charge in [0.25, 0.3) is 0 Å². The fourth-order valence-electron chi connectivity index (χ4n) is 0.503. The van der Waals surface area contributed by atoms with E-state index >= 15 is 0 Å². The first-order valence-electron chi connectivity index (χ1n) is 2.66. The fraction of sp³-hybridized carbons (Fsp3) is 0. The lowest BCUT2D eigenvalue weighted by Gasteiger charge is -2.01. The lowest BCUT2D eigenvalue weighted by atomic mass is 10.8. The van der Waals surface area contributed by atoms with E-state index in [2.05, 4.69) is 60.8 Å². The van der Waals surface area contributed by atoms with Gasteiger partial charge in [0.05, 0.1) is 0 Å². The second kappa shape index (κ2) is 4.63. The van der Waals surface area contributed by atoms with Gasteiger partial charge in [-0.15, -0.1) is 0 Å². The summed E-state index contributed by atoms with van der Waals surface area (Å²) in [7, 11) is 0. The number of hydrogen-bond donors (Lipinski definition) is 3. The van der Waals surface area contributed by atoms with E-state index in [0.717, 1.165) is 0 Å². The summed E-state index contributed by atoms with van der Waals surface area (Å²) in [6.07, 6.45) is 0. The Labute approximate surface area is 90.3 Å². The van der Waals surface area contributed by atoms with Crippen molar-refractivity contribution in [3.63, 3.8) is 0 Å². The standard InChI is InChI=1S/C3H3Br2ClN6/c4-10-1-7-2(11-5)9-3(8-1)12-6/h(H3,7,8,9,10,11,12). The van der Waals surface area contributed by atoms with Gasteiger partial charge in [0.15, 0.2) is 0 Å². The Morgan fingerprint density at radius 3 is 1.67 bits per heavy atom. The van der Waals surface area contributed by atoms with Gasteiger partial charge in [-0.3, -0.25) is 13.5 Å². The molecule has 1 rings (SSSR count). The van der Waals surface area contributed by atoms with Crippen molar-refractivity contribution in [2.24, 2.45) is 0 Å². The monoisotopic (exact) mass is 316 g/mol. The fourth-order valence-corrected chi connectivity index (χ4v) is 0.942. The minimum absolute atomic E-state index is 0.246. The maximum atomic E-state index is 5.30. The lowest BCUT2D eigenvalue weighted by molar-refractivity contribution is 1.09. The number of aromatic nitrogens is 3. The molecule has 0 spiro atoms. The first kappa shape index (κ1) is 9.75. The average Bonchev–Trinajstić information content (AvgIpc) is 2.16. The molecule has 0 amide bonds. The molecule has 0 aromatic carbocycles. The Morgan fingerprint density at radius 2 is 1.33 bits per heavy atom. The van der Waals surface area contributed by atoms with Crippen LogP contribution in [0.25, 0.3) is 0 Å². The maximum absolute atomic E-state index is 5.30. The first-order valence-corrected chi connectivity index (χ1v) is 4.62. The quantitative estimate of drug-likeness (QED) is 0.739. The van der Waals surface area contributed by atoms with Gasteiger partial charge in [-0.25, -0.2) is 0 Å². The highest BCUT2D eigenvalue weighted by Gasteiger charge is 2.02. The van der Waals surface area contributed by atoms with E-state index in [0.29, 0.717) is 11.9 Å². The molecule has 0 saturated heterocycles. The van der Waals surface area contributed by atoms with Crippen molar-refractivity contribution < 1.29 is 0 Å². The molecule has 12 heavy (non-hydrogen) atoms. The molecular formula is C3H3Br2ClN6. The molecule has 0 aliphatic heterocycles. The number of hydrogen-bond acceptors (Lipinski definition) is 6. The molecule has 1 aromatic rings. The average molecular weight is 318 g/mol. The van der Waals surface area contributed by atoms with Gasteiger partial charge >= 0.3 is 0 Å². The predicted molar refractivity (Wildman–Crippen MR) is 54.4 cm³/mol. The Balaban J connectivity index is 3.01. The van der Waals surface area contributed by atoms with Crippen LogP contribution in [-0.2, 0) is 0 Å². The number of anilines is 3. The van der Waals surface area contributed by atoms with Gasteiger partial charge in [0.1, 0.15) is 0 Å². The van der Waals surface area contributed by atoms with Crippen molar-refractivity contribution in [2.75, 3.05) is 13.5 Å². The van der Waals surface area contributed by atoms with Crippen molar-refractivity contribution in [3.05, 3.63) is 0 Å². The van der Waals surface area contributed by atoms with Crippen molar-refractivity contribution in [1.29, 1.82) is 0 Å². The van der Waals surface area contributed by atoms with Crippen LogP contribution in [0.15, 0.2) is 0 Å². The molecule has 0 unspecified atom stereocenters. The third-order valence-electron chi connectivity index (χ3n) is 0.889. The Bertz CT molecular complexity index is 214. The van der Waals surface area contributed by atoms with Crippen LogP contribution >= 0.6 is 44.1 Å². The zero-order valence-corrected chi connectivity index (χ0v) is 9.40. The molecule has 1 heterocycles. The normalized spacial score (nSPS) is 9.25. The summed E-state index contributed by atoms with van der Waals surface area (Å²) in [5, 5.41) is 0. The van der Waals surface area contributed by atoms with Crippen molar-refractivity contribution in [2.45, 2.75) is 0 Å². The molecule has 9 heteroatoms. The molecular weight excluding hydrogens is 315 g/mol. The van der Waals surface area contributed by atoms with Crippen LogP contribution in [0.1, 0.15) is 0 Å². The van der Waals surface area contributed by atoms with Crippen LogP contribution in [0.4, 0.5) is 17.8 Å². The van der Waals surface area contributed by atoms with Crippen LogP contribution < -0.4 is 13.5 Å². The molecule has 66 valence electrons. The highest BCUT2D eigenvalue weighted by Crippen LogP contribution is 2.11. The Hall–Kier alpha value is -0.340. The molecule has 1 aromatic heterocycles. The van der Waals surface area contributed by atoms with E-state index < -0.39 is 0 Å². The third-order valence-corrected chi connectivity index (χ3v) is 1.77. The molecule has 3 N–H and O–H groups in total. The zero-order valence-electron chi connectivity index (χ0n) is 5.48. The Morgan fingerprint density at radius 1 is 0.917 bits per heavy atom. The largest absolute Gasteiger partial charge is 0.291 e. The Kier molecular flexibility index (Phi) is 3.76. The zero-order chi connectivity index (χ0) is 8.97. The summed E-state index contributed by atoms with van der Waals surface area (Å²) in [6, 6.07) is 0. The van der Waals surface area contributed by atoms with Crippen LogP contribution in [0.2, 0.25) is 0 Å². The molecule has 6 nitrogen and oxygen atoms in total. The lowest BCUT2D eigenvalue weighted by Crippen LogP contribution is -2.01. The smallest absolute Gasteiger partial charge is 0.244 e. The van der Waals surface area contributed by atoms with E-state index in [4.69, 9.17) is 11.8 Å². The molecule has 0 aliphatic carbocycles. The molecule has 0 radical (unpaired) electrons. The van der Waals surface area contributed by atoms with E-state index in [-0.39, 0.29) is 5.95 Å². The van der Waals surface area contributed by atoms with Crippen molar-refractivity contribution in [3.8, 4) is 0 Å². The van der Waals surface area contributed by atoms with Gasteiger partial charge in [0.2, 0.25) is 17.8 Å². The van der Waals surface area contributed by atoms with Crippen LogP contribution in [-0.4, -0.2) is 15.0 Å². The summed E-state index contributed by atoms with van der Waals surface area (Å²) in [4.78, 5) is 13.8. The first-order chi connectivity index (χ1) is 5.80. The second-order valence-electron chi connectivity index (χ2n) is 1.59. The van der Waals surface area contributed by atoms with Crippen LogP contribution in [0, 0.1) is 0 Å². The van der Waals surface area contributed by atoms with Crippen LogP contribution in [0.5, 0.6) is 0 Å². The van der Waals surface area contributed by atoms with Gasteiger partial charge in [-0.05, 0) is 0 Å². The van der Waals surface area contributed by atoms with Gasteiger partial charge in [-0.2, -0.15) is 15.0 Å². The highest BCUT2D eigenvalue weighted by molar-refractivity contribution is 9.10. The van der Waals surface area contributed by atoms with Crippen LogP contribution in [0.3, 0.4) is 0 Å². The summed E-state index contributed by atoms with van der Waals surface area (Å²) in [5.74, 6) is 0.931. The molecule has 0 aliphatic rings. The molecule has 0 fully saturated rings. The highest BCUT2D eigenvalue weighted by atomic mass is 79.9. The number of halogens is 3.